The van der Waals surface area contributed by atoms with Gasteiger partial charge in [-0.1, -0.05) is 30.3 Å². The molecule has 0 fully saturated rings. The van der Waals surface area contributed by atoms with Gasteiger partial charge in [0.2, 0.25) is 0 Å². The number of aryl methyl sites for hydroxylation is 1. The van der Waals surface area contributed by atoms with Crippen LogP contribution in [0, 0.1) is 10.1 Å². The maximum absolute atomic E-state index is 11.2. The maximum Gasteiger partial charge on any atom is 0.338 e. The van der Waals surface area contributed by atoms with Crippen molar-refractivity contribution < 1.29 is 14.8 Å². The molecule has 0 aliphatic rings. The third kappa shape index (κ3) is 4.81. The van der Waals surface area contributed by atoms with Crippen molar-refractivity contribution in [3.05, 3.63) is 69.8 Å². The first kappa shape index (κ1) is 16.5. The molecule has 0 unspecified atom stereocenters. The zero-order valence-electron chi connectivity index (χ0n) is 12.6. The Balaban J connectivity index is 1.87. The van der Waals surface area contributed by atoms with Crippen LogP contribution in [-0.2, 0) is 6.42 Å². The Morgan fingerprint density at radius 2 is 1.87 bits per heavy atom. The van der Waals surface area contributed by atoms with E-state index >= 15 is 0 Å². The summed E-state index contributed by atoms with van der Waals surface area (Å²) < 4.78 is 0. The molecule has 120 valence electrons. The number of hydrogen-bond acceptors (Lipinski definition) is 4. The molecule has 0 radical (unpaired) electrons. The average molecular weight is 314 g/mol. The van der Waals surface area contributed by atoms with Crippen molar-refractivity contribution in [2.45, 2.75) is 19.3 Å². The number of benzene rings is 2. The monoisotopic (exact) mass is 314 g/mol. The summed E-state index contributed by atoms with van der Waals surface area (Å²) in [5.74, 6) is -1.18. The fourth-order valence-corrected chi connectivity index (χ4v) is 2.30. The van der Waals surface area contributed by atoms with Crippen molar-refractivity contribution in [1.29, 1.82) is 0 Å². The number of carbonyl (C=O) groups is 1. The van der Waals surface area contributed by atoms with Crippen LogP contribution in [0.15, 0.2) is 48.5 Å². The summed E-state index contributed by atoms with van der Waals surface area (Å²) in [6.07, 6.45) is 2.83. The van der Waals surface area contributed by atoms with Crippen LogP contribution in [-0.4, -0.2) is 22.5 Å². The van der Waals surface area contributed by atoms with Gasteiger partial charge in [0.15, 0.2) is 0 Å². The fraction of sp³-hybridized carbons (Fsp3) is 0.235. The van der Waals surface area contributed by atoms with Crippen LogP contribution in [0.1, 0.15) is 28.8 Å². The Labute approximate surface area is 133 Å². The van der Waals surface area contributed by atoms with Crippen LogP contribution >= 0.6 is 0 Å². The highest BCUT2D eigenvalue weighted by atomic mass is 16.6. The highest BCUT2D eigenvalue weighted by Crippen LogP contribution is 2.22. The van der Waals surface area contributed by atoms with E-state index in [1.54, 1.807) is 0 Å². The number of nitrogens with zero attached hydrogens (tertiary/aromatic N) is 1. The maximum atomic E-state index is 11.2. The lowest BCUT2D eigenvalue weighted by Gasteiger charge is -2.09. The molecule has 0 saturated heterocycles. The van der Waals surface area contributed by atoms with Crippen LogP contribution in [0.2, 0.25) is 0 Å². The molecule has 2 aromatic carbocycles. The van der Waals surface area contributed by atoms with E-state index < -0.39 is 10.9 Å². The lowest BCUT2D eigenvalue weighted by atomic mass is 10.1. The number of aromatic carboxylic acids is 1. The van der Waals surface area contributed by atoms with Crippen LogP contribution < -0.4 is 5.32 Å². The second-order valence-electron chi connectivity index (χ2n) is 5.16. The minimum Gasteiger partial charge on any atom is -0.478 e. The summed E-state index contributed by atoms with van der Waals surface area (Å²) in [5.41, 5.74) is 1.37. The number of nitro groups is 1. The van der Waals surface area contributed by atoms with Crippen LogP contribution in [0.25, 0.3) is 0 Å². The quantitative estimate of drug-likeness (QED) is 0.440. The number of anilines is 1. The Hall–Kier alpha value is -2.89. The SMILES string of the molecule is O=C(O)c1cc([N+](=O)[O-])ccc1NCCCCc1ccccc1. The Bertz CT molecular complexity index is 686. The molecule has 0 aliphatic carbocycles. The van der Waals surface area contributed by atoms with Gasteiger partial charge in [-0.15, -0.1) is 0 Å². The smallest absolute Gasteiger partial charge is 0.338 e. The number of nitrogens with one attached hydrogen (secondary N) is 1. The molecule has 0 heterocycles. The first-order valence-corrected chi connectivity index (χ1v) is 7.37. The highest BCUT2D eigenvalue weighted by molar-refractivity contribution is 5.95. The molecule has 0 aliphatic heterocycles. The van der Waals surface area contributed by atoms with E-state index in [9.17, 15) is 14.9 Å². The van der Waals surface area contributed by atoms with Gasteiger partial charge in [0.1, 0.15) is 0 Å². The van der Waals surface area contributed by atoms with E-state index in [4.69, 9.17) is 5.11 Å². The molecule has 0 amide bonds. The van der Waals surface area contributed by atoms with Crippen molar-refractivity contribution in [3.63, 3.8) is 0 Å². The van der Waals surface area contributed by atoms with Gasteiger partial charge in [0, 0.05) is 24.4 Å². The molecule has 2 N–H and O–H groups in total. The fourth-order valence-electron chi connectivity index (χ4n) is 2.30. The number of nitro benzene ring substituents is 1. The third-order valence-corrected chi connectivity index (χ3v) is 3.49. The van der Waals surface area contributed by atoms with Crippen LogP contribution in [0.4, 0.5) is 11.4 Å². The number of non-ortho nitro benzene ring substituents is 1. The largest absolute Gasteiger partial charge is 0.478 e. The van der Waals surface area contributed by atoms with Crippen LogP contribution in [0.3, 0.4) is 0 Å². The first-order chi connectivity index (χ1) is 11.1. The van der Waals surface area contributed by atoms with Gasteiger partial charge < -0.3 is 10.4 Å². The van der Waals surface area contributed by atoms with Gasteiger partial charge in [-0.3, -0.25) is 10.1 Å². The first-order valence-electron chi connectivity index (χ1n) is 7.37. The predicted molar refractivity (Wildman–Crippen MR) is 87.9 cm³/mol. The molecular weight excluding hydrogens is 296 g/mol. The zero-order chi connectivity index (χ0) is 16.7. The topological polar surface area (TPSA) is 92.5 Å². The van der Waals surface area contributed by atoms with E-state index in [-0.39, 0.29) is 11.3 Å². The van der Waals surface area contributed by atoms with Gasteiger partial charge in [0.25, 0.3) is 5.69 Å². The normalized spacial score (nSPS) is 10.3. The van der Waals surface area contributed by atoms with E-state index in [1.165, 1.54) is 17.7 Å². The number of rotatable bonds is 8. The lowest BCUT2D eigenvalue weighted by molar-refractivity contribution is -0.384. The van der Waals surface area contributed by atoms with Gasteiger partial charge in [-0.25, -0.2) is 4.79 Å². The van der Waals surface area contributed by atoms with Crippen LogP contribution in [0.5, 0.6) is 0 Å². The summed E-state index contributed by atoms with van der Waals surface area (Å²) in [5, 5.41) is 22.9. The number of hydrogen-bond donors (Lipinski definition) is 2. The van der Waals surface area contributed by atoms with Gasteiger partial charge in [-0.05, 0) is 30.9 Å². The molecule has 0 spiro atoms. The number of unbranched alkanes of at least 4 members (excludes halogenated alkanes) is 1. The third-order valence-electron chi connectivity index (χ3n) is 3.49. The molecule has 0 saturated carbocycles. The summed E-state index contributed by atoms with van der Waals surface area (Å²) in [4.78, 5) is 21.3. The van der Waals surface area contributed by atoms with Gasteiger partial charge in [-0.2, -0.15) is 0 Å². The van der Waals surface area contributed by atoms with Crippen molar-refractivity contribution in [2.75, 3.05) is 11.9 Å². The summed E-state index contributed by atoms with van der Waals surface area (Å²) in [6.45, 7) is 0.616. The van der Waals surface area contributed by atoms with E-state index in [1.807, 2.05) is 18.2 Å². The highest BCUT2D eigenvalue weighted by Gasteiger charge is 2.15. The second-order valence-corrected chi connectivity index (χ2v) is 5.16. The second kappa shape index (κ2) is 7.93. The molecule has 6 heteroatoms. The van der Waals surface area contributed by atoms with Crippen molar-refractivity contribution in [1.82, 2.24) is 0 Å². The number of carboxylic acid groups (broad SMARTS) is 1. The van der Waals surface area contributed by atoms with E-state index in [2.05, 4.69) is 17.4 Å². The summed E-state index contributed by atoms with van der Waals surface area (Å²) in [7, 11) is 0. The van der Waals surface area contributed by atoms with Crippen molar-refractivity contribution in [2.24, 2.45) is 0 Å². The van der Waals surface area contributed by atoms with Crippen molar-refractivity contribution in [3.8, 4) is 0 Å². The average Bonchev–Trinajstić information content (AvgIpc) is 2.55. The predicted octanol–water partition coefficient (Wildman–Crippen LogP) is 3.73. The van der Waals surface area contributed by atoms with Crippen molar-refractivity contribution >= 4 is 17.3 Å². The molecule has 0 atom stereocenters. The number of carboxylic acids is 1. The Kier molecular flexibility index (Phi) is 5.68. The minimum absolute atomic E-state index is 0.0812. The molecule has 2 aromatic rings. The van der Waals surface area contributed by atoms with E-state index in [0.717, 1.165) is 25.3 Å². The standard InChI is InChI=1S/C17H18N2O4/c20-17(21)15-12-14(19(22)23)9-10-16(15)18-11-5-4-8-13-6-2-1-3-7-13/h1-3,6-7,9-10,12,18H,4-5,8,11H2,(H,20,21). The lowest BCUT2D eigenvalue weighted by Crippen LogP contribution is -2.08. The minimum atomic E-state index is -1.18. The summed E-state index contributed by atoms with van der Waals surface area (Å²) in [6, 6.07) is 14.0. The molecule has 0 bridgehead atoms. The molecule has 0 aromatic heterocycles. The zero-order valence-corrected chi connectivity index (χ0v) is 12.6. The molecule has 2 rings (SSSR count). The van der Waals surface area contributed by atoms with E-state index in [0.29, 0.717) is 12.2 Å². The Morgan fingerprint density at radius 3 is 2.52 bits per heavy atom. The Morgan fingerprint density at radius 1 is 1.13 bits per heavy atom. The molecular formula is C17H18N2O4. The van der Waals surface area contributed by atoms with Gasteiger partial charge >= 0.3 is 5.97 Å². The molecule has 23 heavy (non-hydrogen) atoms. The summed E-state index contributed by atoms with van der Waals surface area (Å²) >= 11 is 0. The van der Waals surface area contributed by atoms with Gasteiger partial charge in [0.05, 0.1) is 10.5 Å². The molecule has 6 nitrogen and oxygen atoms in total.